The van der Waals surface area contributed by atoms with Crippen molar-refractivity contribution in [3.8, 4) is 0 Å². The van der Waals surface area contributed by atoms with Gasteiger partial charge >= 0.3 is 0 Å². The minimum atomic E-state index is 0.0564. The molecule has 0 saturated carbocycles. The first-order valence-corrected chi connectivity index (χ1v) is 4.92. The van der Waals surface area contributed by atoms with Gasteiger partial charge in [0.15, 0.2) is 0 Å². The summed E-state index contributed by atoms with van der Waals surface area (Å²) in [5.41, 5.74) is 0.860. The Labute approximate surface area is 89.5 Å². The van der Waals surface area contributed by atoms with Gasteiger partial charge < -0.3 is 15.1 Å². The zero-order valence-electron chi connectivity index (χ0n) is 8.58. The number of aliphatic hydroxyl groups is 2. The average molecular weight is 208 g/mol. The van der Waals surface area contributed by atoms with E-state index in [4.69, 9.17) is 10.2 Å². The largest absolute Gasteiger partial charge is 0.395 e. The highest BCUT2D eigenvalue weighted by Crippen LogP contribution is 2.08. The van der Waals surface area contributed by atoms with Gasteiger partial charge in [0.25, 0.3) is 0 Å². The first kappa shape index (κ1) is 11.7. The average Bonchev–Trinajstić information content (AvgIpc) is 2.28. The Kier molecular flexibility index (Phi) is 5.43. The Morgan fingerprint density at radius 3 is 2.20 bits per heavy atom. The first-order chi connectivity index (χ1) is 7.36. The number of nitrogens with zero attached hydrogens (tertiary/aromatic N) is 2. The minimum absolute atomic E-state index is 0.0564. The Morgan fingerprint density at radius 1 is 1.07 bits per heavy atom. The van der Waals surface area contributed by atoms with Crippen LogP contribution < -0.4 is 0 Å². The molecule has 0 aliphatic rings. The fraction of sp³-hybridized carbons (Fsp3) is 0.364. The molecule has 0 heterocycles. The van der Waals surface area contributed by atoms with E-state index in [1.54, 1.807) is 11.2 Å². The highest BCUT2D eigenvalue weighted by atomic mass is 16.3. The Bertz CT molecular complexity index is 282. The van der Waals surface area contributed by atoms with Gasteiger partial charge in [-0.1, -0.05) is 18.2 Å². The number of hydrogen-bond donors (Lipinski definition) is 2. The Balaban J connectivity index is 2.53. The summed E-state index contributed by atoms with van der Waals surface area (Å²) >= 11 is 0. The summed E-state index contributed by atoms with van der Waals surface area (Å²) in [6, 6.07) is 9.54. The van der Waals surface area contributed by atoms with Gasteiger partial charge in [0.1, 0.15) is 0 Å². The van der Waals surface area contributed by atoms with Crippen molar-refractivity contribution in [3.63, 3.8) is 0 Å². The van der Waals surface area contributed by atoms with E-state index in [-0.39, 0.29) is 13.2 Å². The van der Waals surface area contributed by atoms with Crippen LogP contribution >= 0.6 is 0 Å². The van der Waals surface area contributed by atoms with E-state index < -0.39 is 0 Å². The van der Waals surface area contributed by atoms with Crippen molar-refractivity contribution < 1.29 is 10.2 Å². The molecule has 0 spiro atoms. The molecule has 1 aromatic rings. The molecule has 0 aliphatic carbocycles. The van der Waals surface area contributed by atoms with E-state index in [1.165, 1.54) is 0 Å². The minimum Gasteiger partial charge on any atom is -0.395 e. The van der Waals surface area contributed by atoms with E-state index in [0.717, 1.165) is 5.69 Å². The maximum Gasteiger partial charge on any atom is 0.0913 e. The number of rotatable bonds is 6. The summed E-state index contributed by atoms with van der Waals surface area (Å²) in [6.45, 7) is 1.08. The third-order valence-electron chi connectivity index (χ3n) is 1.90. The van der Waals surface area contributed by atoms with Crippen molar-refractivity contribution in [1.82, 2.24) is 4.90 Å². The van der Waals surface area contributed by atoms with Crippen LogP contribution in [0.3, 0.4) is 0 Å². The molecule has 0 unspecified atom stereocenters. The lowest BCUT2D eigenvalue weighted by atomic mass is 10.3. The van der Waals surface area contributed by atoms with E-state index >= 15 is 0 Å². The van der Waals surface area contributed by atoms with Crippen LogP contribution in [0.4, 0.5) is 5.69 Å². The van der Waals surface area contributed by atoms with Crippen LogP contribution in [0.5, 0.6) is 0 Å². The fourth-order valence-corrected chi connectivity index (χ4v) is 1.15. The molecule has 82 valence electrons. The third-order valence-corrected chi connectivity index (χ3v) is 1.90. The van der Waals surface area contributed by atoms with Gasteiger partial charge in [-0.15, -0.1) is 0 Å². The molecular weight excluding hydrogens is 192 g/mol. The summed E-state index contributed by atoms with van der Waals surface area (Å²) < 4.78 is 0. The molecule has 0 aromatic heterocycles. The molecule has 4 nitrogen and oxygen atoms in total. The van der Waals surface area contributed by atoms with Crippen LogP contribution in [0.2, 0.25) is 0 Å². The zero-order valence-corrected chi connectivity index (χ0v) is 8.58. The van der Waals surface area contributed by atoms with Crippen LogP contribution in [0.1, 0.15) is 0 Å². The number of aliphatic imine (C=N–C) groups is 1. The SMILES string of the molecule is OCCN(C=Nc1ccccc1)CCO. The van der Waals surface area contributed by atoms with Gasteiger partial charge in [-0.25, -0.2) is 4.99 Å². The Hall–Kier alpha value is -1.39. The van der Waals surface area contributed by atoms with Gasteiger partial charge in [0, 0.05) is 13.1 Å². The molecule has 0 aliphatic heterocycles. The summed E-state index contributed by atoms with van der Waals surface area (Å²) in [5, 5.41) is 17.6. The van der Waals surface area contributed by atoms with Crippen molar-refractivity contribution >= 4 is 12.0 Å². The molecule has 2 N–H and O–H groups in total. The first-order valence-electron chi connectivity index (χ1n) is 4.92. The summed E-state index contributed by atoms with van der Waals surface area (Å²) in [5.74, 6) is 0. The molecule has 0 fully saturated rings. The predicted molar refractivity (Wildman–Crippen MR) is 60.3 cm³/mol. The lowest BCUT2D eigenvalue weighted by molar-refractivity contribution is 0.215. The van der Waals surface area contributed by atoms with E-state index in [9.17, 15) is 0 Å². The second-order valence-electron chi connectivity index (χ2n) is 3.06. The third kappa shape index (κ3) is 4.58. The van der Waals surface area contributed by atoms with E-state index in [2.05, 4.69) is 4.99 Å². The van der Waals surface area contributed by atoms with Gasteiger partial charge in [-0.2, -0.15) is 0 Å². The molecule has 1 rings (SSSR count). The lowest BCUT2D eigenvalue weighted by Gasteiger charge is -2.16. The van der Waals surface area contributed by atoms with Crippen molar-refractivity contribution in [2.75, 3.05) is 26.3 Å². The number of hydrogen-bond acceptors (Lipinski definition) is 3. The second-order valence-corrected chi connectivity index (χ2v) is 3.06. The lowest BCUT2D eigenvalue weighted by Crippen LogP contribution is -2.28. The van der Waals surface area contributed by atoms with Crippen LogP contribution in [0.25, 0.3) is 0 Å². The molecule has 15 heavy (non-hydrogen) atoms. The maximum atomic E-state index is 8.78. The molecule has 0 radical (unpaired) electrons. The van der Waals surface area contributed by atoms with Gasteiger partial charge in [-0.3, -0.25) is 0 Å². The molecule has 0 bridgehead atoms. The zero-order chi connectivity index (χ0) is 10.9. The summed E-state index contributed by atoms with van der Waals surface area (Å²) in [4.78, 5) is 5.99. The molecule has 4 heteroatoms. The van der Waals surface area contributed by atoms with Crippen molar-refractivity contribution in [3.05, 3.63) is 30.3 Å². The summed E-state index contributed by atoms with van der Waals surface area (Å²) in [6.07, 6.45) is 1.64. The van der Waals surface area contributed by atoms with E-state index in [0.29, 0.717) is 13.1 Å². The second kappa shape index (κ2) is 6.98. The Morgan fingerprint density at radius 2 is 1.67 bits per heavy atom. The summed E-state index contributed by atoms with van der Waals surface area (Å²) in [7, 11) is 0. The van der Waals surface area contributed by atoms with Crippen molar-refractivity contribution in [2.45, 2.75) is 0 Å². The van der Waals surface area contributed by atoms with E-state index in [1.807, 2.05) is 30.3 Å². The fourth-order valence-electron chi connectivity index (χ4n) is 1.15. The topological polar surface area (TPSA) is 56.1 Å². The van der Waals surface area contributed by atoms with Crippen molar-refractivity contribution in [1.29, 1.82) is 0 Å². The number of benzene rings is 1. The van der Waals surface area contributed by atoms with Gasteiger partial charge in [-0.05, 0) is 12.1 Å². The molecule has 0 atom stereocenters. The highest BCUT2D eigenvalue weighted by Gasteiger charge is 1.96. The maximum absolute atomic E-state index is 8.78. The number of para-hydroxylation sites is 1. The number of aliphatic hydroxyl groups excluding tert-OH is 2. The predicted octanol–water partition coefficient (Wildman–Crippen LogP) is 0.633. The van der Waals surface area contributed by atoms with Crippen LogP contribution in [-0.4, -0.2) is 47.8 Å². The van der Waals surface area contributed by atoms with Crippen LogP contribution in [0, 0.1) is 0 Å². The van der Waals surface area contributed by atoms with Gasteiger partial charge in [0.05, 0.1) is 25.2 Å². The molecule has 1 aromatic carbocycles. The van der Waals surface area contributed by atoms with Crippen LogP contribution in [0.15, 0.2) is 35.3 Å². The van der Waals surface area contributed by atoms with Crippen LogP contribution in [-0.2, 0) is 0 Å². The van der Waals surface area contributed by atoms with Gasteiger partial charge in [0.2, 0.25) is 0 Å². The normalized spacial score (nSPS) is 10.8. The monoisotopic (exact) mass is 208 g/mol. The molecule has 0 amide bonds. The molecular formula is C11H16N2O2. The highest BCUT2D eigenvalue weighted by molar-refractivity contribution is 5.61. The van der Waals surface area contributed by atoms with Crippen molar-refractivity contribution in [2.24, 2.45) is 4.99 Å². The molecule has 0 saturated heterocycles. The standard InChI is InChI=1S/C11H16N2O2/c14-8-6-13(7-9-15)10-12-11-4-2-1-3-5-11/h1-5,10,14-15H,6-9H2. The smallest absolute Gasteiger partial charge is 0.0913 e. The quantitative estimate of drug-likeness (QED) is 0.532.